The number of hydrogen-bond acceptors (Lipinski definition) is 3. The van der Waals surface area contributed by atoms with Crippen molar-refractivity contribution < 1.29 is 9.13 Å². The summed E-state index contributed by atoms with van der Waals surface area (Å²) < 4.78 is 18.8. The van der Waals surface area contributed by atoms with Crippen LogP contribution >= 0.6 is 11.6 Å². The normalized spacial score (nSPS) is 10.5. The Morgan fingerprint density at radius 3 is 2.74 bits per heavy atom. The number of pyridine rings is 1. The Balaban J connectivity index is 2.19. The Bertz CT molecular complexity index is 590. The number of aryl methyl sites for hydroxylation is 1. The van der Waals surface area contributed by atoms with Gasteiger partial charge in [-0.1, -0.05) is 17.7 Å². The van der Waals surface area contributed by atoms with Crippen LogP contribution in [0.5, 0.6) is 11.6 Å². The lowest BCUT2D eigenvalue weighted by Gasteiger charge is -2.09. The highest BCUT2D eigenvalue weighted by molar-refractivity contribution is 6.30. The highest BCUT2D eigenvalue weighted by Gasteiger charge is 2.06. The number of rotatable bonds is 4. The molecule has 0 saturated carbocycles. The summed E-state index contributed by atoms with van der Waals surface area (Å²) in [6, 6.07) is 7.98. The van der Waals surface area contributed by atoms with Crippen LogP contribution in [-0.2, 0) is 6.54 Å². The maximum Gasteiger partial charge on any atom is 0.219 e. The molecule has 0 aliphatic carbocycles. The average molecular weight is 281 g/mol. The Labute approximate surface area is 116 Å². The van der Waals surface area contributed by atoms with Crippen LogP contribution in [0.1, 0.15) is 11.3 Å². The molecule has 0 saturated heterocycles. The summed E-state index contributed by atoms with van der Waals surface area (Å²) in [7, 11) is 1.88. The zero-order valence-electron chi connectivity index (χ0n) is 10.7. The molecule has 0 radical (unpaired) electrons. The number of benzene rings is 1. The maximum absolute atomic E-state index is 13.3. The number of nitrogens with zero attached hydrogens (tertiary/aromatic N) is 1. The molecule has 5 heteroatoms. The zero-order valence-corrected chi connectivity index (χ0v) is 11.5. The predicted molar refractivity (Wildman–Crippen MR) is 73.2 cm³/mol. The van der Waals surface area contributed by atoms with E-state index in [4.69, 9.17) is 16.3 Å². The monoisotopic (exact) mass is 280 g/mol. The van der Waals surface area contributed by atoms with Crippen molar-refractivity contribution in [2.45, 2.75) is 13.5 Å². The minimum atomic E-state index is -0.511. The molecule has 0 fully saturated rings. The van der Waals surface area contributed by atoms with Gasteiger partial charge in [-0.25, -0.2) is 9.37 Å². The molecule has 0 unspecified atom stereocenters. The molecule has 2 aromatic rings. The molecule has 1 heterocycles. The molecular formula is C14H14ClFN2O. The van der Waals surface area contributed by atoms with Crippen LogP contribution in [0.3, 0.4) is 0 Å². The Morgan fingerprint density at radius 1 is 1.32 bits per heavy atom. The van der Waals surface area contributed by atoms with E-state index in [9.17, 15) is 4.39 Å². The van der Waals surface area contributed by atoms with E-state index in [0.717, 1.165) is 17.8 Å². The molecule has 0 atom stereocenters. The van der Waals surface area contributed by atoms with Gasteiger partial charge in [0.15, 0.2) is 0 Å². The van der Waals surface area contributed by atoms with Gasteiger partial charge in [0, 0.05) is 24.4 Å². The van der Waals surface area contributed by atoms with Gasteiger partial charge in [-0.2, -0.15) is 0 Å². The van der Waals surface area contributed by atoms with Crippen LogP contribution in [-0.4, -0.2) is 12.0 Å². The van der Waals surface area contributed by atoms with Gasteiger partial charge in [0.05, 0.1) is 5.02 Å². The fourth-order valence-electron chi connectivity index (χ4n) is 1.66. The average Bonchev–Trinajstić information content (AvgIpc) is 2.37. The van der Waals surface area contributed by atoms with Gasteiger partial charge >= 0.3 is 0 Å². The smallest absolute Gasteiger partial charge is 0.219 e. The van der Waals surface area contributed by atoms with Crippen molar-refractivity contribution in [1.29, 1.82) is 0 Å². The zero-order chi connectivity index (χ0) is 13.8. The SMILES string of the molecule is CNCc1ccc(Oc2ccc(Cl)c(F)c2)nc1C. The van der Waals surface area contributed by atoms with Crippen molar-refractivity contribution >= 4 is 11.6 Å². The number of hydrogen-bond donors (Lipinski definition) is 1. The van der Waals surface area contributed by atoms with E-state index in [1.165, 1.54) is 12.1 Å². The first-order valence-corrected chi connectivity index (χ1v) is 6.22. The second kappa shape index (κ2) is 5.99. The molecular weight excluding hydrogens is 267 g/mol. The Morgan fingerprint density at radius 2 is 2.11 bits per heavy atom. The molecule has 1 aromatic carbocycles. The van der Waals surface area contributed by atoms with Gasteiger partial charge in [-0.15, -0.1) is 0 Å². The van der Waals surface area contributed by atoms with E-state index in [1.54, 1.807) is 12.1 Å². The lowest BCUT2D eigenvalue weighted by atomic mass is 10.2. The summed E-state index contributed by atoms with van der Waals surface area (Å²) in [6.07, 6.45) is 0. The lowest BCUT2D eigenvalue weighted by Crippen LogP contribution is -2.07. The van der Waals surface area contributed by atoms with Gasteiger partial charge in [-0.05, 0) is 31.7 Å². The molecule has 0 aliphatic rings. The van der Waals surface area contributed by atoms with Gasteiger partial charge in [0.1, 0.15) is 11.6 Å². The molecule has 0 aliphatic heterocycles. The lowest BCUT2D eigenvalue weighted by molar-refractivity contribution is 0.456. The summed E-state index contributed by atoms with van der Waals surface area (Å²) in [5.74, 6) is 0.289. The predicted octanol–water partition coefficient (Wildman–Crippen LogP) is 3.69. The first kappa shape index (κ1) is 13.8. The van der Waals surface area contributed by atoms with Crippen LogP contribution in [0, 0.1) is 12.7 Å². The third kappa shape index (κ3) is 3.43. The quantitative estimate of drug-likeness (QED) is 0.927. The van der Waals surface area contributed by atoms with Crippen molar-refractivity contribution in [3.8, 4) is 11.6 Å². The molecule has 0 bridgehead atoms. The summed E-state index contributed by atoms with van der Waals surface area (Å²) in [6.45, 7) is 2.65. The van der Waals surface area contributed by atoms with E-state index < -0.39 is 5.82 Å². The van der Waals surface area contributed by atoms with Gasteiger partial charge in [-0.3, -0.25) is 0 Å². The maximum atomic E-state index is 13.3. The summed E-state index contributed by atoms with van der Waals surface area (Å²) in [4.78, 5) is 4.32. The second-order valence-corrected chi connectivity index (χ2v) is 4.51. The molecule has 19 heavy (non-hydrogen) atoms. The molecule has 0 amide bonds. The van der Waals surface area contributed by atoms with Crippen LogP contribution < -0.4 is 10.1 Å². The third-order valence-electron chi connectivity index (χ3n) is 2.65. The molecule has 1 N–H and O–H groups in total. The van der Waals surface area contributed by atoms with Crippen molar-refractivity contribution in [3.63, 3.8) is 0 Å². The van der Waals surface area contributed by atoms with Crippen molar-refractivity contribution in [1.82, 2.24) is 10.3 Å². The standard InChI is InChI=1S/C14H14ClFN2O/c1-9-10(8-17-2)3-6-14(18-9)19-11-4-5-12(15)13(16)7-11/h3-7,17H,8H2,1-2H3. The van der Waals surface area contributed by atoms with Crippen LogP contribution in [0.4, 0.5) is 4.39 Å². The summed E-state index contributed by atoms with van der Waals surface area (Å²) in [5.41, 5.74) is 1.97. The first-order valence-electron chi connectivity index (χ1n) is 5.84. The van der Waals surface area contributed by atoms with Crippen molar-refractivity contribution in [2.75, 3.05) is 7.05 Å². The number of halogens is 2. The minimum Gasteiger partial charge on any atom is -0.439 e. The molecule has 2 rings (SSSR count). The Kier molecular flexibility index (Phi) is 4.35. The van der Waals surface area contributed by atoms with Crippen molar-refractivity contribution in [2.24, 2.45) is 0 Å². The second-order valence-electron chi connectivity index (χ2n) is 4.10. The van der Waals surface area contributed by atoms with E-state index in [2.05, 4.69) is 10.3 Å². The fraction of sp³-hybridized carbons (Fsp3) is 0.214. The summed E-state index contributed by atoms with van der Waals surface area (Å²) in [5, 5.41) is 3.13. The number of ether oxygens (including phenoxy) is 1. The van der Waals surface area contributed by atoms with E-state index in [1.807, 2.05) is 20.0 Å². The van der Waals surface area contributed by atoms with Crippen molar-refractivity contribution in [3.05, 3.63) is 52.4 Å². The van der Waals surface area contributed by atoms with E-state index in [0.29, 0.717) is 11.6 Å². The highest BCUT2D eigenvalue weighted by atomic mass is 35.5. The van der Waals surface area contributed by atoms with E-state index >= 15 is 0 Å². The number of aromatic nitrogens is 1. The van der Waals surface area contributed by atoms with Crippen LogP contribution in [0.25, 0.3) is 0 Å². The van der Waals surface area contributed by atoms with Gasteiger partial charge < -0.3 is 10.1 Å². The highest BCUT2D eigenvalue weighted by Crippen LogP contribution is 2.25. The molecule has 3 nitrogen and oxygen atoms in total. The summed E-state index contributed by atoms with van der Waals surface area (Å²) >= 11 is 5.61. The molecule has 1 aromatic heterocycles. The van der Waals surface area contributed by atoms with E-state index in [-0.39, 0.29) is 5.02 Å². The van der Waals surface area contributed by atoms with Crippen LogP contribution in [0.15, 0.2) is 30.3 Å². The topological polar surface area (TPSA) is 34.1 Å². The first-order chi connectivity index (χ1) is 9.10. The number of nitrogens with one attached hydrogen (secondary N) is 1. The minimum absolute atomic E-state index is 0.0702. The van der Waals surface area contributed by atoms with Gasteiger partial charge in [0.2, 0.25) is 5.88 Å². The fourth-order valence-corrected chi connectivity index (χ4v) is 1.78. The molecule has 100 valence electrons. The largest absolute Gasteiger partial charge is 0.439 e. The van der Waals surface area contributed by atoms with Gasteiger partial charge in [0.25, 0.3) is 0 Å². The third-order valence-corrected chi connectivity index (χ3v) is 2.96. The van der Waals surface area contributed by atoms with Crippen LogP contribution in [0.2, 0.25) is 5.02 Å². The Hall–Kier alpha value is -1.65. The molecule has 0 spiro atoms.